The molecule has 0 unspecified atom stereocenters. The maximum Gasteiger partial charge on any atom is 0.317 e. The second-order valence-electron chi connectivity index (χ2n) is 7.34. The van der Waals surface area contributed by atoms with Crippen LogP contribution in [0.15, 0.2) is 42.5 Å². The molecular weight excluding hydrogens is 394 g/mol. The normalized spacial score (nSPS) is 17.1. The van der Waals surface area contributed by atoms with Gasteiger partial charge in [-0.2, -0.15) is 0 Å². The van der Waals surface area contributed by atoms with Crippen LogP contribution in [-0.4, -0.2) is 30.9 Å². The molecule has 0 atom stereocenters. The van der Waals surface area contributed by atoms with Crippen LogP contribution in [0.2, 0.25) is 5.02 Å². The van der Waals surface area contributed by atoms with Crippen molar-refractivity contribution in [1.82, 2.24) is 0 Å². The number of ketones is 1. The van der Waals surface area contributed by atoms with Crippen molar-refractivity contribution in [3.8, 4) is 5.75 Å². The zero-order valence-electron chi connectivity index (χ0n) is 15.7. The number of amides is 1. The average molecular weight is 414 g/mol. The quantitative estimate of drug-likeness (QED) is 0.593. The first-order valence-electron chi connectivity index (χ1n) is 9.51. The lowest BCUT2D eigenvalue weighted by atomic mass is 9.79. The van der Waals surface area contributed by atoms with Gasteiger partial charge in [-0.3, -0.25) is 14.4 Å². The largest absolute Gasteiger partial charge is 0.482 e. The molecule has 0 spiro atoms. The molecule has 0 bridgehead atoms. The number of hydrogen-bond acceptors (Lipinski definition) is 5. The molecule has 1 N–H and O–H groups in total. The van der Waals surface area contributed by atoms with Crippen molar-refractivity contribution >= 4 is 34.9 Å². The molecule has 0 aromatic heterocycles. The molecule has 1 aliphatic carbocycles. The lowest BCUT2D eigenvalue weighted by molar-refractivity contribution is -0.149. The molecule has 2 aromatic rings. The lowest BCUT2D eigenvalue weighted by Gasteiger charge is -2.27. The number of anilines is 1. The Morgan fingerprint density at radius 2 is 1.83 bits per heavy atom. The number of nitrogens with one attached hydrogen (secondary N) is 1. The van der Waals surface area contributed by atoms with Gasteiger partial charge in [0.2, 0.25) is 0 Å². The van der Waals surface area contributed by atoms with Gasteiger partial charge in [0.15, 0.2) is 19.0 Å². The van der Waals surface area contributed by atoms with Gasteiger partial charge in [-0.1, -0.05) is 36.6 Å². The van der Waals surface area contributed by atoms with Crippen LogP contribution in [0.1, 0.15) is 41.6 Å². The van der Waals surface area contributed by atoms with Crippen LogP contribution in [0.3, 0.4) is 0 Å². The highest BCUT2D eigenvalue weighted by atomic mass is 35.5. The van der Waals surface area contributed by atoms with Gasteiger partial charge in [0, 0.05) is 10.6 Å². The summed E-state index contributed by atoms with van der Waals surface area (Å²) in [6, 6.07) is 12.0. The number of fused-ring (bicyclic) bond motifs is 1. The Kier molecular flexibility index (Phi) is 5.28. The van der Waals surface area contributed by atoms with Gasteiger partial charge in [0.05, 0.1) is 11.1 Å². The molecule has 1 aliphatic heterocycles. The SMILES string of the molecule is O=C1COc2ccc(C(=O)COC(=O)C3(c4ccc(Cl)cc4)CCCC3)cc2N1. The van der Waals surface area contributed by atoms with Crippen LogP contribution in [0.5, 0.6) is 5.75 Å². The van der Waals surface area contributed by atoms with E-state index >= 15 is 0 Å². The minimum absolute atomic E-state index is 0.0509. The van der Waals surface area contributed by atoms with Crippen LogP contribution < -0.4 is 10.1 Å². The molecule has 1 saturated carbocycles. The Morgan fingerprint density at radius 1 is 1.10 bits per heavy atom. The second-order valence-corrected chi connectivity index (χ2v) is 7.78. The summed E-state index contributed by atoms with van der Waals surface area (Å²) >= 11 is 5.98. The summed E-state index contributed by atoms with van der Waals surface area (Å²) in [4.78, 5) is 37.0. The van der Waals surface area contributed by atoms with E-state index in [1.165, 1.54) is 6.07 Å². The van der Waals surface area contributed by atoms with Crippen molar-refractivity contribution in [2.24, 2.45) is 0 Å². The molecule has 29 heavy (non-hydrogen) atoms. The van der Waals surface area contributed by atoms with Crippen molar-refractivity contribution < 1.29 is 23.9 Å². The maximum absolute atomic E-state index is 13.0. The summed E-state index contributed by atoms with van der Waals surface area (Å²) in [5.41, 5.74) is 0.911. The fourth-order valence-corrected chi connectivity index (χ4v) is 4.09. The summed E-state index contributed by atoms with van der Waals surface area (Å²) in [5, 5.41) is 3.27. The first-order valence-corrected chi connectivity index (χ1v) is 9.89. The first-order chi connectivity index (χ1) is 14.0. The minimum Gasteiger partial charge on any atom is -0.482 e. The smallest absolute Gasteiger partial charge is 0.317 e. The highest BCUT2D eigenvalue weighted by Crippen LogP contribution is 2.42. The van der Waals surface area contributed by atoms with E-state index in [1.807, 2.05) is 12.1 Å². The number of carbonyl (C=O) groups is 3. The monoisotopic (exact) mass is 413 g/mol. The number of rotatable bonds is 5. The molecule has 7 heteroatoms. The average Bonchev–Trinajstić information content (AvgIpc) is 3.23. The van der Waals surface area contributed by atoms with Crippen LogP contribution in [0.25, 0.3) is 0 Å². The predicted octanol–water partition coefficient (Wildman–Crippen LogP) is 3.91. The number of esters is 1. The van der Waals surface area contributed by atoms with E-state index in [4.69, 9.17) is 21.1 Å². The Morgan fingerprint density at radius 3 is 2.55 bits per heavy atom. The van der Waals surface area contributed by atoms with E-state index in [0.29, 0.717) is 34.9 Å². The van der Waals surface area contributed by atoms with Gasteiger partial charge < -0.3 is 14.8 Å². The second kappa shape index (κ2) is 7.87. The maximum atomic E-state index is 13.0. The third-order valence-corrected chi connectivity index (χ3v) is 5.77. The molecular formula is C22H20ClNO5. The number of halogens is 1. The molecule has 1 heterocycles. The highest BCUT2D eigenvalue weighted by Gasteiger charge is 2.44. The summed E-state index contributed by atoms with van der Waals surface area (Å²) in [7, 11) is 0. The lowest BCUT2D eigenvalue weighted by Crippen LogP contribution is -2.35. The van der Waals surface area contributed by atoms with E-state index in [1.54, 1.807) is 24.3 Å². The molecule has 1 amide bonds. The van der Waals surface area contributed by atoms with Gasteiger partial charge in [-0.05, 0) is 48.7 Å². The van der Waals surface area contributed by atoms with Crippen molar-refractivity contribution in [1.29, 1.82) is 0 Å². The Balaban J connectivity index is 1.47. The summed E-state index contributed by atoms with van der Waals surface area (Å²) < 4.78 is 10.7. The predicted molar refractivity (Wildman–Crippen MR) is 107 cm³/mol. The first kappa shape index (κ1) is 19.5. The molecule has 2 aliphatic rings. The van der Waals surface area contributed by atoms with E-state index in [-0.39, 0.29) is 30.9 Å². The van der Waals surface area contributed by atoms with E-state index in [9.17, 15) is 14.4 Å². The molecule has 0 saturated heterocycles. The summed E-state index contributed by atoms with van der Waals surface area (Å²) in [6.07, 6.45) is 3.22. The molecule has 150 valence electrons. The van der Waals surface area contributed by atoms with E-state index in [2.05, 4.69) is 5.32 Å². The standard InChI is InChI=1S/C22H20ClNO5/c23-16-6-4-15(5-7-16)22(9-1-2-10-22)21(27)29-12-18(25)14-3-8-19-17(11-14)24-20(26)13-28-19/h3-8,11H,1-2,9-10,12-13H2,(H,24,26). The highest BCUT2D eigenvalue weighted by molar-refractivity contribution is 6.30. The third kappa shape index (κ3) is 3.85. The molecule has 2 aromatic carbocycles. The fourth-order valence-electron chi connectivity index (χ4n) is 3.97. The van der Waals surface area contributed by atoms with Crippen LogP contribution in [0, 0.1) is 0 Å². The number of benzene rings is 2. The minimum atomic E-state index is -0.734. The molecule has 4 rings (SSSR count). The van der Waals surface area contributed by atoms with Crippen LogP contribution >= 0.6 is 11.6 Å². The van der Waals surface area contributed by atoms with Crippen molar-refractivity contribution in [3.63, 3.8) is 0 Å². The Labute approximate surface area is 173 Å². The van der Waals surface area contributed by atoms with Crippen molar-refractivity contribution in [2.75, 3.05) is 18.5 Å². The van der Waals surface area contributed by atoms with Gasteiger partial charge in [-0.25, -0.2) is 0 Å². The molecule has 0 radical (unpaired) electrons. The number of ether oxygens (including phenoxy) is 2. The molecule has 6 nitrogen and oxygen atoms in total. The summed E-state index contributed by atoms with van der Waals surface area (Å²) in [5.74, 6) is -0.504. The summed E-state index contributed by atoms with van der Waals surface area (Å²) in [6.45, 7) is -0.410. The van der Waals surface area contributed by atoms with E-state index in [0.717, 1.165) is 18.4 Å². The Bertz CT molecular complexity index is 964. The van der Waals surface area contributed by atoms with Gasteiger partial charge >= 0.3 is 5.97 Å². The van der Waals surface area contributed by atoms with Crippen molar-refractivity contribution in [3.05, 3.63) is 58.6 Å². The van der Waals surface area contributed by atoms with Crippen molar-refractivity contribution in [2.45, 2.75) is 31.1 Å². The van der Waals surface area contributed by atoms with Gasteiger partial charge in [-0.15, -0.1) is 0 Å². The van der Waals surface area contributed by atoms with Crippen LogP contribution in [-0.2, 0) is 19.7 Å². The van der Waals surface area contributed by atoms with Gasteiger partial charge in [0.25, 0.3) is 5.91 Å². The third-order valence-electron chi connectivity index (χ3n) is 5.51. The number of hydrogen-bond donors (Lipinski definition) is 1. The van der Waals surface area contributed by atoms with Gasteiger partial charge in [0.1, 0.15) is 5.75 Å². The fraction of sp³-hybridized carbons (Fsp3) is 0.318. The van der Waals surface area contributed by atoms with Crippen LogP contribution in [0.4, 0.5) is 5.69 Å². The zero-order valence-corrected chi connectivity index (χ0v) is 16.5. The topological polar surface area (TPSA) is 81.7 Å². The molecule has 1 fully saturated rings. The number of Topliss-reactive ketones (excluding diaryl/α,β-unsaturated/α-hetero) is 1. The van der Waals surface area contributed by atoms with E-state index < -0.39 is 5.41 Å². The number of carbonyl (C=O) groups excluding carboxylic acids is 3. The zero-order chi connectivity index (χ0) is 20.4. The Hall–Kier alpha value is -2.86.